The Morgan fingerprint density at radius 1 is 1.14 bits per heavy atom. The largest absolute Gasteiger partial charge is 0.352 e. The standard InChI is InChI=1S/C16H30N5/c1-6-7-8-13-9-15(2,3)21(17,16(4,5)10-13)14-19-11-18-12-20-14/h11-13H,6-10,17H2,1-5H3/q+1. The van der Waals surface area contributed by atoms with Gasteiger partial charge >= 0.3 is 5.95 Å². The second kappa shape index (κ2) is 5.61. The Morgan fingerprint density at radius 2 is 1.67 bits per heavy atom. The van der Waals surface area contributed by atoms with Gasteiger partial charge in [-0.05, 0) is 40.0 Å². The number of hydrogen-bond donors (Lipinski definition) is 1. The molecule has 1 aromatic heterocycles. The van der Waals surface area contributed by atoms with Crippen LogP contribution in [0, 0.1) is 5.92 Å². The molecule has 118 valence electrons. The predicted molar refractivity (Wildman–Crippen MR) is 86.2 cm³/mol. The van der Waals surface area contributed by atoms with E-state index in [1.54, 1.807) is 12.7 Å². The van der Waals surface area contributed by atoms with Crippen LogP contribution in [0.3, 0.4) is 0 Å². The first-order valence-corrected chi connectivity index (χ1v) is 8.05. The molecular formula is C16H30N5+. The topological polar surface area (TPSA) is 64.7 Å². The summed E-state index contributed by atoms with van der Waals surface area (Å²) < 4.78 is 0.283. The first-order valence-electron chi connectivity index (χ1n) is 8.05. The van der Waals surface area contributed by atoms with Crippen LogP contribution >= 0.6 is 0 Å². The lowest BCUT2D eigenvalue weighted by Gasteiger charge is -2.57. The number of nitrogens with two attached hydrogens (primary N) is 1. The Hall–Kier alpha value is -1.07. The monoisotopic (exact) mass is 292 g/mol. The fourth-order valence-electron chi connectivity index (χ4n) is 4.25. The molecule has 1 fully saturated rings. The van der Waals surface area contributed by atoms with Crippen molar-refractivity contribution >= 4 is 5.95 Å². The van der Waals surface area contributed by atoms with Gasteiger partial charge in [-0.15, -0.1) is 0 Å². The molecule has 0 atom stereocenters. The van der Waals surface area contributed by atoms with Crippen molar-refractivity contribution in [1.82, 2.24) is 19.5 Å². The first kappa shape index (κ1) is 16.3. The number of hydrogen-bond acceptors (Lipinski definition) is 4. The summed E-state index contributed by atoms with van der Waals surface area (Å²) in [6.07, 6.45) is 9.16. The van der Waals surface area contributed by atoms with E-state index in [1.807, 2.05) is 0 Å². The summed E-state index contributed by atoms with van der Waals surface area (Å²) in [4.78, 5) is 12.7. The molecule has 0 amide bonds. The number of rotatable bonds is 4. The van der Waals surface area contributed by atoms with Crippen LogP contribution < -0.4 is 10.4 Å². The SMILES string of the molecule is CCCCC1CC(C)(C)[N+](N)(c2ncncn2)C(C)(C)C1. The average molecular weight is 292 g/mol. The van der Waals surface area contributed by atoms with E-state index < -0.39 is 0 Å². The summed E-state index contributed by atoms with van der Waals surface area (Å²) >= 11 is 0. The minimum Gasteiger partial charge on any atom is -0.224 e. The molecule has 1 aliphatic rings. The number of piperidine rings is 1. The fraction of sp³-hybridized carbons (Fsp3) is 0.812. The number of nitrogens with zero attached hydrogens (tertiary/aromatic N) is 4. The van der Waals surface area contributed by atoms with Crippen molar-refractivity contribution < 1.29 is 0 Å². The second-order valence-corrected chi connectivity index (χ2v) is 7.70. The fourth-order valence-corrected chi connectivity index (χ4v) is 4.25. The molecular weight excluding hydrogens is 262 g/mol. The van der Waals surface area contributed by atoms with E-state index in [0.29, 0.717) is 5.95 Å². The predicted octanol–water partition coefficient (Wildman–Crippen LogP) is 3.21. The smallest absolute Gasteiger partial charge is 0.224 e. The Kier molecular flexibility index (Phi) is 4.36. The average Bonchev–Trinajstić information content (AvgIpc) is 2.42. The molecule has 0 aromatic carbocycles. The lowest BCUT2D eigenvalue weighted by atomic mass is 9.71. The minimum atomic E-state index is -0.0957. The highest BCUT2D eigenvalue weighted by molar-refractivity contribution is 5.31. The maximum Gasteiger partial charge on any atom is 0.352 e. The summed E-state index contributed by atoms with van der Waals surface area (Å²) in [6.45, 7) is 11.2. The number of aromatic nitrogens is 3. The highest BCUT2D eigenvalue weighted by Crippen LogP contribution is 2.47. The lowest BCUT2D eigenvalue weighted by molar-refractivity contribution is -0.0527. The van der Waals surface area contributed by atoms with Gasteiger partial charge in [-0.3, -0.25) is 0 Å². The van der Waals surface area contributed by atoms with E-state index in [0.717, 1.165) is 18.8 Å². The molecule has 0 radical (unpaired) electrons. The van der Waals surface area contributed by atoms with Crippen LogP contribution in [-0.4, -0.2) is 26.0 Å². The van der Waals surface area contributed by atoms with Gasteiger partial charge in [0.2, 0.25) is 0 Å². The zero-order valence-corrected chi connectivity index (χ0v) is 14.1. The van der Waals surface area contributed by atoms with Crippen LogP contribution in [0.4, 0.5) is 5.95 Å². The van der Waals surface area contributed by atoms with Gasteiger partial charge in [-0.2, -0.15) is 20.4 Å². The molecule has 5 heteroatoms. The van der Waals surface area contributed by atoms with Crippen molar-refractivity contribution in [2.45, 2.75) is 77.8 Å². The summed E-state index contributed by atoms with van der Waals surface area (Å²) in [7, 11) is 0. The highest BCUT2D eigenvalue weighted by Gasteiger charge is 2.60. The molecule has 0 bridgehead atoms. The summed E-state index contributed by atoms with van der Waals surface area (Å²) in [6, 6.07) is 0. The van der Waals surface area contributed by atoms with E-state index in [4.69, 9.17) is 5.84 Å². The molecule has 0 unspecified atom stereocenters. The van der Waals surface area contributed by atoms with Crippen LogP contribution in [0.2, 0.25) is 0 Å². The van der Waals surface area contributed by atoms with Gasteiger partial charge < -0.3 is 0 Å². The normalized spacial score (nSPS) is 31.0. The van der Waals surface area contributed by atoms with E-state index >= 15 is 0 Å². The van der Waals surface area contributed by atoms with Crippen molar-refractivity contribution in [2.75, 3.05) is 0 Å². The minimum absolute atomic E-state index is 0.0957. The van der Waals surface area contributed by atoms with Crippen LogP contribution in [0.1, 0.15) is 66.7 Å². The molecule has 0 spiro atoms. The van der Waals surface area contributed by atoms with E-state index in [2.05, 4.69) is 49.6 Å². The molecule has 2 N–H and O–H groups in total. The number of quaternary nitrogens is 1. The Balaban J connectivity index is 2.38. The maximum absolute atomic E-state index is 6.91. The zero-order valence-electron chi connectivity index (χ0n) is 14.1. The Bertz CT molecular complexity index is 451. The van der Waals surface area contributed by atoms with E-state index in [9.17, 15) is 0 Å². The van der Waals surface area contributed by atoms with Crippen molar-refractivity contribution in [3.63, 3.8) is 0 Å². The van der Waals surface area contributed by atoms with Gasteiger partial charge in [-0.25, -0.2) is 4.98 Å². The van der Waals surface area contributed by atoms with Gasteiger partial charge in [0, 0.05) is 12.8 Å². The summed E-state index contributed by atoms with van der Waals surface area (Å²) in [5.74, 6) is 8.31. The second-order valence-electron chi connectivity index (χ2n) is 7.70. The molecule has 2 heterocycles. The van der Waals surface area contributed by atoms with Crippen LogP contribution in [0.15, 0.2) is 12.7 Å². The summed E-state index contributed by atoms with van der Waals surface area (Å²) in [5.41, 5.74) is -0.191. The van der Waals surface area contributed by atoms with Gasteiger partial charge in [0.1, 0.15) is 23.7 Å². The first-order chi connectivity index (χ1) is 9.74. The maximum atomic E-state index is 6.91. The van der Waals surface area contributed by atoms with E-state index in [1.165, 1.54) is 19.3 Å². The Morgan fingerprint density at radius 3 is 2.14 bits per heavy atom. The summed E-state index contributed by atoms with van der Waals surface area (Å²) in [5, 5.41) is 0. The molecule has 0 saturated carbocycles. The van der Waals surface area contributed by atoms with Crippen LogP contribution in [-0.2, 0) is 0 Å². The van der Waals surface area contributed by atoms with E-state index in [-0.39, 0.29) is 15.7 Å². The Labute approximate surface area is 128 Å². The molecule has 21 heavy (non-hydrogen) atoms. The van der Waals surface area contributed by atoms with Gasteiger partial charge in [-0.1, -0.05) is 19.8 Å². The third kappa shape index (κ3) is 2.69. The molecule has 5 nitrogen and oxygen atoms in total. The van der Waals surface area contributed by atoms with Gasteiger partial charge in [0.05, 0.1) is 0 Å². The van der Waals surface area contributed by atoms with Crippen LogP contribution in [0.5, 0.6) is 0 Å². The number of unbranched alkanes of at least 4 members (excludes halogenated alkanes) is 1. The molecule has 1 aromatic rings. The van der Waals surface area contributed by atoms with Gasteiger partial charge in [0.15, 0.2) is 0 Å². The van der Waals surface area contributed by atoms with Gasteiger partial charge in [0.25, 0.3) is 0 Å². The van der Waals surface area contributed by atoms with Crippen LogP contribution in [0.25, 0.3) is 0 Å². The zero-order chi connectivity index (χ0) is 15.7. The molecule has 1 saturated heterocycles. The molecule has 0 aliphatic carbocycles. The third-order valence-corrected chi connectivity index (χ3v) is 5.25. The van der Waals surface area contributed by atoms with Crippen molar-refractivity contribution in [3.05, 3.63) is 12.7 Å². The quantitative estimate of drug-likeness (QED) is 0.683. The van der Waals surface area contributed by atoms with Crippen molar-refractivity contribution in [2.24, 2.45) is 11.8 Å². The molecule has 1 aliphatic heterocycles. The van der Waals surface area contributed by atoms with Crippen molar-refractivity contribution in [1.29, 1.82) is 0 Å². The lowest BCUT2D eigenvalue weighted by Crippen LogP contribution is -2.80. The molecule has 2 rings (SSSR count). The van der Waals surface area contributed by atoms with Crippen molar-refractivity contribution in [3.8, 4) is 0 Å². The third-order valence-electron chi connectivity index (χ3n) is 5.25. The highest BCUT2D eigenvalue weighted by atomic mass is 15.7.